The van der Waals surface area contributed by atoms with Crippen LogP contribution < -0.4 is 4.72 Å². The number of hydrogen-bond donors (Lipinski definition) is 3. The molecule has 1 aromatic heterocycles. The van der Waals surface area contributed by atoms with Gasteiger partial charge in [-0.1, -0.05) is 0 Å². The lowest BCUT2D eigenvalue weighted by atomic mass is 10.0. The van der Waals surface area contributed by atoms with Crippen LogP contribution in [0.4, 0.5) is 0 Å². The summed E-state index contributed by atoms with van der Waals surface area (Å²) in [7, 11) is -2.03. The molecule has 0 bridgehead atoms. The second kappa shape index (κ2) is 5.63. The molecule has 0 aliphatic carbocycles. The minimum Gasteiger partial charge on any atom is -0.389 e. The van der Waals surface area contributed by atoms with Crippen molar-refractivity contribution in [3.8, 4) is 0 Å². The van der Waals surface area contributed by atoms with E-state index in [0.717, 1.165) is 0 Å². The second-order valence-electron chi connectivity index (χ2n) is 4.11. The van der Waals surface area contributed by atoms with Crippen LogP contribution in [0, 0.1) is 0 Å². The zero-order valence-electron chi connectivity index (χ0n) is 9.93. The number of hydrogen-bond acceptors (Lipinski definition) is 4. The highest BCUT2D eigenvalue weighted by molar-refractivity contribution is 7.89. The molecule has 1 heterocycles. The van der Waals surface area contributed by atoms with E-state index in [1.54, 1.807) is 6.92 Å². The van der Waals surface area contributed by atoms with E-state index in [4.69, 9.17) is 4.74 Å². The van der Waals surface area contributed by atoms with Crippen LogP contribution in [0.2, 0.25) is 0 Å². The van der Waals surface area contributed by atoms with Gasteiger partial charge in [-0.25, -0.2) is 13.1 Å². The first-order valence-corrected chi connectivity index (χ1v) is 6.69. The predicted octanol–water partition coefficient (Wildman–Crippen LogP) is 0.0805. The van der Waals surface area contributed by atoms with E-state index >= 15 is 0 Å². The van der Waals surface area contributed by atoms with Crippen molar-refractivity contribution in [2.24, 2.45) is 0 Å². The minimum absolute atomic E-state index is 0.0517. The number of aliphatic hydroxyl groups is 1. The SMILES string of the molecule is COCCC(C)(O)CNS(=O)(=O)c1cc[nH]c1. The van der Waals surface area contributed by atoms with Gasteiger partial charge in [0.05, 0.1) is 10.5 Å². The monoisotopic (exact) mass is 262 g/mol. The van der Waals surface area contributed by atoms with Crippen LogP contribution in [-0.4, -0.2) is 44.4 Å². The Morgan fingerprint density at radius 1 is 1.59 bits per heavy atom. The van der Waals surface area contributed by atoms with E-state index in [9.17, 15) is 13.5 Å². The molecular weight excluding hydrogens is 244 g/mol. The molecule has 1 rings (SSSR count). The van der Waals surface area contributed by atoms with E-state index in [1.165, 1.54) is 25.6 Å². The first-order valence-electron chi connectivity index (χ1n) is 5.21. The lowest BCUT2D eigenvalue weighted by Gasteiger charge is -2.22. The van der Waals surface area contributed by atoms with Crippen LogP contribution in [0.3, 0.4) is 0 Å². The Morgan fingerprint density at radius 2 is 2.29 bits per heavy atom. The van der Waals surface area contributed by atoms with Crippen molar-refractivity contribution >= 4 is 10.0 Å². The zero-order chi connectivity index (χ0) is 12.9. The first-order chi connectivity index (χ1) is 7.87. The summed E-state index contributed by atoms with van der Waals surface area (Å²) in [5.41, 5.74) is -1.13. The summed E-state index contributed by atoms with van der Waals surface area (Å²) in [4.78, 5) is 2.82. The van der Waals surface area contributed by atoms with Crippen LogP contribution >= 0.6 is 0 Å². The molecule has 0 aliphatic rings. The largest absolute Gasteiger partial charge is 0.389 e. The van der Waals surface area contributed by atoms with E-state index < -0.39 is 15.6 Å². The van der Waals surface area contributed by atoms with Gasteiger partial charge in [0, 0.05) is 39.1 Å². The fourth-order valence-electron chi connectivity index (χ4n) is 1.22. The van der Waals surface area contributed by atoms with E-state index in [0.29, 0.717) is 13.0 Å². The molecule has 0 radical (unpaired) electrons. The van der Waals surface area contributed by atoms with Gasteiger partial charge in [0.1, 0.15) is 0 Å². The Hall–Kier alpha value is -0.890. The van der Waals surface area contributed by atoms with Crippen LogP contribution in [0.1, 0.15) is 13.3 Å². The van der Waals surface area contributed by atoms with Gasteiger partial charge in [-0.05, 0) is 13.0 Å². The molecule has 0 fully saturated rings. The number of aromatic nitrogens is 1. The summed E-state index contributed by atoms with van der Waals surface area (Å²) in [6.45, 7) is 1.88. The number of H-pyrrole nitrogens is 1. The molecule has 17 heavy (non-hydrogen) atoms. The Labute approximate surface area is 101 Å². The molecule has 0 aliphatic heterocycles. The summed E-state index contributed by atoms with van der Waals surface area (Å²) in [5.74, 6) is 0. The molecule has 7 heteroatoms. The molecule has 3 N–H and O–H groups in total. The average molecular weight is 262 g/mol. The fourth-order valence-corrected chi connectivity index (χ4v) is 2.36. The third-order valence-corrected chi connectivity index (χ3v) is 3.77. The Kier molecular flexibility index (Phi) is 4.70. The molecule has 0 amide bonds. The third kappa shape index (κ3) is 4.47. The van der Waals surface area contributed by atoms with Gasteiger partial charge in [0.25, 0.3) is 0 Å². The van der Waals surface area contributed by atoms with E-state index in [1.807, 2.05) is 0 Å². The van der Waals surface area contributed by atoms with Crippen molar-refractivity contribution < 1.29 is 18.3 Å². The number of ether oxygens (including phenoxy) is 1. The topological polar surface area (TPSA) is 91.4 Å². The fraction of sp³-hybridized carbons (Fsp3) is 0.600. The third-order valence-electron chi connectivity index (χ3n) is 2.37. The van der Waals surface area contributed by atoms with Crippen LogP contribution in [0.15, 0.2) is 23.4 Å². The van der Waals surface area contributed by atoms with E-state index in [-0.39, 0.29) is 11.4 Å². The molecule has 98 valence electrons. The molecule has 0 saturated heterocycles. The summed E-state index contributed by atoms with van der Waals surface area (Å²) in [6.07, 6.45) is 3.27. The van der Waals surface area contributed by atoms with Crippen molar-refractivity contribution in [1.82, 2.24) is 9.71 Å². The zero-order valence-corrected chi connectivity index (χ0v) is 10.8. The highest BCUT2D eigenvalue weighted by Crippen LogP contribution is 2.11. The predicted molar refractivity (Wildman–Crippen MR) is 63.1 cm³/mol. The van der Waals surface area contributed by atoms with Gasteiger partial charge in [0.15, 0.2) is 0 Å². The van der Waals surface area contributed by atoms with E-state index in [2.05, 4.69) is 9.71 Å². The van der Waals surface area contributed by atoms with Gasteiger partial charge in [-0.2, -0.15) is 0 Å². The highest BCUT2D eigenvalue weighted by atomic mass is 32.2. The number of sulfonamides is 1. The molecular formula is C10H18N2O4S. The second-order valence-corrected chi connectivity index (χ2v) is 5.88. The Balaban J connectivity index is 2.56. The van der Waals surface area contributed by atoms with Crippen LogP contribution in [-0.2, 0) is 14.8 Å². The minimum atomic E-state index is -3.56. The van der Waals surface area contributed by atoms with Gasteiger partial charge in [0.2, 0.25) is 10.0 Å². The quantitative estimate of drug-likeness (QED) is 0.649. The lowest BCUT2D eigenvalue weighted by molar-refractivity contribution is 0.0292. The van der Waals surface area contributed by atoms with Crippen LogP contribution in [0.25, 0.3) is 0 Å². The van der Waals surface area contributed by atoms with Crippen molar-refractivity contribution in [1.29, 1.82) is 0 Å². The molecule has 1 atom stereocenters. The van der Waals surface area contributed by atoms with Crippen LogP contribution in [0.5, 0.6) is 0 Å². The molecule has 0 aromatic carbocycles. The van der Waals surface area contributed by atoms with Crippen molar-refractivity contribution in [2.75, 3.05) is 20.3 Å². The normalized spacial score (nSPS) is 15.7. The molecule has 0 saturated carbocycles. The standard InChI is InChI=1S/C10H18N2O4S/c1-10(13,4-6-16-2)8-12-17(14,15)9-3-5-11-7-9/h3,5,7,11-13H,4,6,8H2,1-2H3. The Bertz CT molecular complexity index is 425. The number of nitrogens with one attached hydrogen (secondary N) is 2. The summed E-state index contributed by atoms with van der Waals surface area (Å²) < 4.78 is 30.7. The molecule has 6 nitrogen and oxygen atoms in total. The van der Waals surface area contributed by atoms with Crippen molar-refractivity contribution in [2.45, 2.75) is 23.8 Å². The van der Waals surface area contributed by atoms with Gasteiger partial charge < -0.3 is 14.8 Å². The molecule has 1 unspecified atom stereocenters. The lowest BCUT2D eigenvalue weighted by Crippen LogP contribution is -2.41. The highest BCUT2D eigenvalue weighted by Gasteiger charge is 2.24. The average Bonchev–Trinajstić information content (AvgIpc) is 2.78. The summed E-state index contributed by atoms with van der Waals surface area (Å²) in [6, 6.07) is 1.45. The maximum absolute atomic E-state index is 11.7. The maximum atomic E-state index is 11.7. The first kappa shape index (κ1) is 14.2. The van der Waals surface area contributed by atoms with Gasteiger partial charge in [-0.15, -0.1) is 0 Å². The number of aromatic amines is 1. The van der Waals surface area contributed by atoms with Crippen molar-refractivity contribution in [3.05, 3.63) is 18.5 Å². The smallest absolute Gasteiger partial charge is 0.242 e. The van der Waals surface area contributed by atoms with Gasteiger partial charge >= 0.3 is 0 Å². The molecule has 0 spiro atoms. The maximum Gasteiger partial charge on any atom is 0.242 e. The number of methoxy groups -OCH3 is 1. The molecule has 1 aromatic rings. The van der Waals surface area contributed by atoms with Gasteiger partial charge in [-0.3, -0.25) is 0 Å². The summed E-state index contributed by atoms with van der Waals surface area (Å²) >= 11 is 0. The number of rotatable bonds is 7. The Morgan fingerprint density at radius 3 is 2.82 bits per heavy atom. The van der Waals surface area contributed by atoms with Crippen molar-refractivity contribution in [3.63, 3.8) is 0 Å². The summed E-state index contributed by atoms with van der Waals surface area (Å²) in [5, 5.41) is 9.89.